The van der Waals surface area contributed by atoms with Crippen LogP contribution in [0.15, 0.2) is 15.8 Å². The van der Waals surface area contributed by atoms with Crippen molar-refractivity contribution in [1.29, 1.82) is 0 Å². The molecule has 0 radical (unpaired) electrons. The molecule has 40 heavy (non-hydrogen) atoms. The number of nitrogens with one attached hydrogen (secondary N) is 4. The van der Waals surface area contributed by atoms with Crippen molar-refractivity contribution in [3.05, 3.63) is 32.6 Å². The van der Waals surface area contributed by atoms with Crippen molar-refractivity contribution in [3.8, 4) is 0 Å². The number of rotatable bonds is 17. The number of unbranched alkanes of at least 4 members (excludes halogenated alkanes) is 3. The van der Waals surface area contributed by atoms with E-state index in [2.05, 4.69) is 25.7 Å². The Morgan fingerprint density at radius 1 is 1.05 bits per heavy atom. The van der Waals surface area contributed by atoms with Gasteiger partial charge in [-0.2, -0.15) is 0 Å². The van der Waals surface area contributed by atoms with Crippen molar-refractivity contribution in [2.24, 2.45) is 5.92 Å². The lowest BCUT2D eigenvalue weighted by Crippen LogP contribution is -2.36. The van der Waals surface area contributed by atoms with Crippen LogP contribution in [0.3, 0.4) is 0 Å². The number of H-pyrrole nitrogens is 1. The van der Waals surface area contributed by atoms with Crippen molar-refractivity contribution in [2.45, 2.75) is 90.1 Å². The van der Waals surface area contributed by atoms with Crippen LogP contribution in [-0.2, 0) is 30.3 Å². The van der Waals surface area contributed by atoms with Crippen LogP contribution < -0.4 is 27.2 Å². The molecule has 13 heteroatoms. The van der Waals surface area contributed by atoms with Gasteiger partial charge in [0, 0.05) is 38.7 Å². The van der Waals surface area contributed by atoms with Crippen LogP contribution in [-0.4, -0.2) is 73.5 Å². The van der Waals surface area contributed by atoms with E-state index in [1.54, 1.807) is 0 Å². The standard InChI is InChI=1S/C27H45N5O8/c1-5-20-18(2)23(40-22(34)12-11-21(33)28-3)24(39-20)19-17-32(26(36)31-25(19)35)16-10-14-29-13-8-6-7-9-15-30-27(37)38-4/h17-18,20,23-24,29H,5-16H2,1-4H3,(H,28,33)(H,30,37)(H,31,35,36)/t18?,20-,23+,24+/m1/s1. The summed E-state index contributed by atoms with van der Waals surface area (Å²) < 4.78 is 17.8. The van der Waals surface area contributed by atoms with Crippen molar-refractivity contribution in [2.75, 3.05) is 33.8 Å². The van der Waals surface area contributed by atoms with Crippen molar-refractivity contribution in [1.82, 2.24) is 25.5 Å². The van der Waals surface area contributed by atoms with E-state index in [0.717, 1.165) is 32.2 Å². The van der Waals surface area contributed by atoms with Gasteiger partial charge >= 0.3 is 17.8 Å². The molecule has 1 saturated heterocycles. The Kier molecular flexibility index (Phi) is 14.4. The van der Waals surface area contributed by atoms with Gasteiger partial charge in [0.1, 0.15) is 12.2 Å². The first-order valence-corrected chi connectivity index (χ1v) is 14.1. The number of nitrogens with zero attached hydrogens (tertiary/aromatic N) is 1. The molecule has 0 aliphatic carbocycles. The highest BCUT2D eigenvalue weighted by Crippen LogP contribution is 2.39. The summed E-state index contributed by atoms with van der Waals surface area (Å²) in [5.74, 6) is -0.981. The number of amides is 2. The van der Waals surface area contributed by atoms with Crippen LogP contribution in [0.25, 0.3) is 0 Å². The maximum Gasteiger partial charge on any atom is 0.406 e. The van der Waals surface area contributed by atoms with E-state index in [9.17, 15) is 24.0 Å². The van der Waals surface area contributed by atoms with Crippen molar-refractivity contribution in [3.63, 3.8) is 0 Å². The number of aryl methyl sites for hydroxylation is 1. The summed E-state index contributed by atoms with van der Waals surface area (Å²) in [6.07, 6.45) is 4.53. The second kappa shape index (κ2) is 17.5. The van der Waals surface area contributed by atoms with E-state index in [4.69, 9.17) is 9.47 Å². The second-order valence-electron chi connectivity index (χ2n) is 9.96. The summed E-state index contributed by atoms with van der Waals surface area (Å²) in [7, 11) is 2.84. The Balaban J connectivity index is 1.89. The molecule has 1 aliphatic heterocycles. The highest BCUT2D eigenvalue weighted by molar-refractivity contribution is 5.81. The van der Waals surface area contributed by atoms with Crippen LogP contribution in [0.5, 0.6) is 0 Å². The second-order valence-corrected chi connectivity index (χ2v) is 9.96. The largest absolute Gasteiger partial charge is 0.459 e. The molecule has 1 fully saturated rings. The number of carbonyl (C=O) groups is 3. The molecule has 1 aromatic rings. The zero-order valence-electron chi connectivity index (χ0n) is 24.1. The van der Waals surface area contributed by atoms with Crippen LogP contribution in [0, 0.1) is 5.92 Å². The molecular weight excluding hydrogens is 522 g/mol. The van der Waals surface area contributed by atoms with Gasteiger partial charge < -0.3 is 34.7 Å². The monoisotopic (exact) mass is 567 g/mol. The Hall–Kier alpha value is -3.19. The summed E-state index contributed by atoms with van der Waals surface area (Å²) in [5, 5.41) is 8.48. The Labute approximate surface area is 234 Å². The van der Waals surface area contributed by atoms with Gasteiger partial charge in [-0.25, -0.2) is 9.59 Å². The first-order chi connectivity index (χ1) is 19.2. The third kappa shape index (κ3) is 10.4. The molecule has 13 nitrogen and oxygen atoms in total. The van der Waals surface area contributed by atoms with E-state index < -0.39 is 35.5 Å². The number of ether oxygens (including phenoxy) is 3. The fraction of sp³-hybridized carbons (Fsp3) is 0.741. The SMILES string of the molecule is CC[C@H]1O[C@@H](c2cn(CCCNCCCCCCNC(=O)OC)c(=O)[nH]c2=O)[C@@H](OC(=O)CCC(=O)NC)C1C. The van der Waals surface area contributed by atoms with E-state index in [0.29, 0.717) is 32.5 Å². The molecule has 2 rings (SSSR count). The van der Waals surface area contributed by atoms with E-state index in [1.807, 2.05) is 13.8 Å². The third-order valence-corrected chi connectivity index (χ3v) is 7.06. The molecule has 0 bridgehead atoms. The minimum Gasteiger partial charge on any atom is -0.459 e. The Bertz CT molecular complexity index is 1070. The van der Waals surface area contributed by atoms with E-state index in [-0.39, 0.29) is 36.3 Å². The number of aromatic nitrogens is 2. The smallest absolute Gasteiger partial charge is 0.406 e. The minimum atomic E-state index is -0.819. The maximum absolute atomic E-state index is 12.8. The van der Waals surface area contributed by atoms with Gasteiger partial charge in [0.25, 0.3) is 5.56 Å². The first-order valence-electron chi connectivity index (χ1n) is 14.1. The van der Waals surface area contributed by atoms with Gasteiger partial charge in [-0.3, -0.25) is 19.4 Å². The van der Waals surface area contributed by atoms with Gasteiger partial charge in [-0.15, -0.1) is 0 Å². The predicted molar refractivity (Wildman–Crippen MR) is 148 cm³/mol. The minimum absolute atomic E-state index is 0.00713. The molecule has 1 aromatic heterocycles. The van der Waals surface area contributed by atoms with Crippen LogP contribution in [0.4, 0.5) is 4.79 Å². The molecule has 2 amide bonds. The molecular formula is C27H45N5O8. The lowest BCUT2D eigenvalue weighted by atomic mass is 9.94. The summed E-state index contributed by atoms with van der Waals surface area (Å²) >= 11 is 0. The normalized spacial score (nSPS) is 20.2. The number of alkyl carbamates (subject to hydrolysis) is 1. The number of carbonyl (C=O) groups excluding carboxylic acids is 3. The van der Waals surface area contributed by atoms with Gasteiger partial charge in [-0.1, -0.05) is 26.7 Å². The van der Waals surface area contributed by atoms with Crippen molar-refractivity contribution < 1.29 is 28.6 Å². The van der Waals surface area contributed by atoms with Gasteiger partial charge in [0.15, 0.2) is 0 Å². The molecule has 4 N–H and O–H groups in total. The highest BCUT2D eigenvalue weighted by Gasteiger charge is 2.45. The fourth-order valence-electron chi connectivity index (χ4n) is 4.70. The third-order valence-electron chi connectivity index (χ3n) is 7.06. The molecule has 4 atom stereocenters. The molecule has 1 aliphatic rings. The molecule has 226 valence electrons. The Morgan fingerprint density at radius 2 is 1.75 bits per heavy atom. The van der Waals surface area contributed by atoms with Gasteiger partial charge in [0.2, 0.25) is 5.91 Å². The summed E-state index contributed by atoms with van der Waals surface area (Å²) in [6, 6.07) is 0. The van der Waals surface area contributed by atoms with Crippen molar-refractivity contribution >= 4 is 18.0 Å². The molecule has 0 aromatic carbocycles. The summed E-state index contributed by atoms with van der Waals surface area (Å²) in [6.45, 7) is 6.39. The number of hydrogen-bond acceptors (Lipinski definition) is 9. The van der Waals surface area contributed by atoms with Gasteiger partial charge in [-0.05, 0) is 38.8 Å². The average Bonchev–Trinajstić information content (AvgIpc) is 3.25. The lowest BCUT2D eigenvalue weighted by Gasteiger charge is -2.22. The zero-order valence-corrected chi connectivity index (χ0v) is 24.1. The van der Waals surface area contributed by atoms with E-state index >= 15 is 0 Å². The van der Waals surface area contributed by atoms with Gasteiger partial charge in [0.05, 0.1) is 25.2 Å². The summed E-state index contributed by atoms with van der Waals surface area (Å²) in [4.78, 5) is 62.6. The maximum atomic E-state index is 12.8. The lowest BCUT2D eigenvalue weighted by molar-refractivity contribution is -0.154. The Morgan fingerprint density at radius 3 is 2.42 bits per heavy atom. The molecule has 0 spiro atoms. The molecule has 2 heterocycles. The quantitative estimate of drug-likeness (QED) is 0.160. The summed E-state index contributed by atoms with van der Waals surface area (Å²) in [5.41, 5.74) is -0.839. The number of esters is 1. The van der Waals surface area contributed by atoms with Crippen LogP contribution in [0.2, 0.25) is 0 Å². The number of methoxy groups -OCH3 is 1. The first kappa shape index (κ1) is 33.0. The fourth-order valence-corrected chi connectivity index (χ4v) is 4.70. The van der Waals surface area contributed by atoms with Crippen LogP contribution in [0.1, 0.15) is 76.9 Å². The van der Waals surface area contributed by atoms with Crippen LogP contribution >= 0.6 is 0 Å². The zero-order chi connectivity index (χ0) is 29.5. The molecule has 0 saturated carbocycles. The predicted octanol–water partition coefficient (Wildman–Crippen LogP) is 1.36. The topological polar surface area (TPSA) is 170 Å². The highest BCUT2D eigenvalue weighted by atomic mass is 16.6. The number of aromatic amines is 1. The average molecular weight is 568 g/mol. The number of hydrogen-bond donors (Lipinski definition) is 4. The van der Waals surface area contributed by atoms with E-state index in [1.165, 1.54) is 24.9 Å². The molecule has 1 unspecified atom stereocenters.